The number of nitrogens with one attached hydrogen (secondary N) is 1. The van der Waals surface area contributed by atoms with Crippen molar-refractivity contribution >= 4 is 50.1 Å². The molecule has 0 atom stereocenters. The van der Waals surface area contributed by atoms with Crippen LogP contribution in [-0.4, -0.2) is 12.5 Å². The largest absolute Gasteiger partial charge is 0.492 e. The van der Waals surface area contributed by atoms with Gasteiger partial charge >= 0.3 is 0 Å². The Labute approximate surface area is 146 Å². The molecule has 3 nitrogen and oxygen atoms in total. The number of carbonyl (C=O) groups is 1. The summed E-state index contributed by atoms with van der Waals surface area (Å²) in [5.74, 6) is 0.613. The lowest BCUT2D eigenvalue weighted by atomic mass is 10.2. The van der Waals surface area contributed by atoms with Crippen molar-refractivity contribution in [2.24, 2.45) is 0 Å². The molecule has 2 aromatic rings. The van der Waals surface area contributed by atoms with Crippen LogP contribution in [0, 0.1) is 3.57 Å². The summed E-state index contributed by atoms with van der Waals surface area (Å²) in [6.07, 6.45) is 0.946. The molecule has 0 radical (unpaired) electrons. The molecule has 1 N–H and O–H groups in total. The minimum atomic E-state index is -0.140. The number of hydrogen-bond acceptors (Lipinski definition) is 2. The zero-order chi connectivity index (χ0) is 15.2. The molecule has 0 aliphatic carbocycles. The van der Waals surface area contributed by atoms with E-state index in [0.717, 1.165) is 25.9 Å². The average molecular weight is 460 g/mol. The fraction of sp³-hybridized carbons (Fsp3) is 0.188. The quantitative estimate of drug-likeness (QED) is 0.632. The van der Waals surface area contributed by atoms with E-state index >= 15 is 0 Å². The summed E-state index contributed by atoms with van der Waals surface area (Å²) in [7, 11) is 0. The van der Waals surface area contributed by atoms with Crippen molar-refractivity contribution in [3.63, 3.8) is 0 Å². The summed E-state index contributed by atoms with van der Waals surface area (Å²) in [5.41, 5.74) is 1.37. The van der Waals surface area contributed by atoms with E-state index < -0.39 is 0 Å². The number of ether oxygens (including phenoxy) is 1. The predicted molar refractivity (Wildman–Crippen MR) is 97.0 cm³/mol. The number of carbonyl (C=O) groups excluding carboxylic acids is 1. The average Bonchev–Trinajstić information content (AvgIpc) is 2.48. The molecule has 0 saturated heterocycles. The van der Waals surface area contributed by atoms with Gasteiger partial charge < -0.3 is 10.1 Å². The molecule has 0 spiro atoms. The van der Waals surface area contributed by atoms with Crippen LogP contribution in [0.2, 0.25) is 0 Å². The van der Waals surface area contributed by atoms with Crippen LogP contribution in [0.1, 0.15) is 23.7 Å². The fourth-order valence-corrected chi connectivity index (χ4v) is 2.56. The zero-order valence-corrected chi connectivity index (χ0v) is 15.3. The molecule has 0 saturated carbocycles. The minimum Gasteiger partial charge on any atom is -0.492 e. The molecule has 1 amide bonds. The highest BCUT2D eigenvalue weighted by molar-refractivity contribution is 14.1. The maximum atomic E-state index is 12.2. The lowest BCUT2D eigenvalue weighted by molar-refractivity contribution is 0.102. The Morgan fingerprint density at radius 3 is 2.57 bits per heavy atom. The molecule has 0 unspecified atom stereocenters. The Bertz CT molecular complexity index is 629. The van der Waals surface area contributed by atoms with Gasteiger partial charge in [-0.15, -0.1) is 0 Å². The van der Waals surface area contributed by atoms with Crippen LogP contribution in [-0.2, 0) is 0 Å². The van der Waals surface area contributed by atoms with E-state index in [2.05, 4.69) is 50.8 Å². The summed E-state index contributed by atoms with van der Waals surface area (Å²) in [5, 5.41) is 2.87. The molecule has 0 heterocycles. The van der Waals surface area contributed by atoms with Crippen LogP contribution in [0.5, 0.6) is 5.75 Å². The molecular formula is C16H15BrINO2. The highest BCUT2D eigenvalue weighted by atomic mass is 127. The number of hydrogen-bond donors (Lipinski definition) is 1. The SMILES string of the molecule is CCCOc1ccc(C(=O)Nc2ccc(I)cc2)cc1Br. The van der Waals surface area contributed by atoms with Gasteiger partial charge in [0.1, 0.15) is 5.75 Å². The summed E-state index contributed by atoms with van der Waals surface area (Å²) in [6.45, 7) is 2.71. The van der Waals surface area contributed by atoms with Gasteiger partial charge in [0, 0.05) is 14.8 Å². The van der Waals surface area contributed by atoms with E-state index in [-0.39, 0.29) is 5.91 Å². The molecule has 0 fully saturated rings. The van der Waals surface area contributed by atoms with Crippen LogP contribution in [0.15, 0.2) is 46.9 Å². The van der Waals surface area contributed by atoms with Crippen molar-refractivity contribution in [2.75, 3.05) is 11.9 Å². The Morgan fingerprint density at radius 1 is 1.24 bits per heavy atom. The van der Waals surface area contributed by atoms with Gasteiger partial charge in [-0.05, 0) is 87.4 Å². The number of amides is 1. The Morgan fingerprint density at radius 2 is 1.95 bits per heavy atom. The molecule has 2 aromatic carbocycles. The Balaban J connectivity index is 2.08. The van der Waals surface area contributed by atoms with Gasteiger partial charge in [-0.1, -0.05) is 6.92 Å². The number of rotatable bonds is 5. The summed E-state index contributed by atoms with van der Waals surface area (Å²) >= 11 is 5.66. The second-order valence-electron chi connectivity index (χ2n) is 4.45. The zero-order valence-electron chi connectivity index (χ0n) is 11.5. The van der Waals surface area contributed by atoms with Gasteiger partial charge in [0.2, 0.25) is 0 Å². The maximum Gasteiger partial charge on any atom is 0.255 e. The first-order chi connectivity index (χ1) is 10.1. The summed E-state index contributed by atoms with van der Waals surface area (Å²) in [6, 6.07) is 13.0. The van der Waals surface area contributed by atoms with Crippen molar-refractivity contribution in [3.05, 3.63) is 56.1 Å². The molecule has 0 bridgehead atoms. The normalized spacial score (nSPS) is 10.2. The fourth-order valence-electron chi connectivity index (χ4n) is 1.71. The standard InChI is InChI=1S/C16H15BrINO2/c1-2-9-21-15-8-3-11(10-14(15)17)16(20)19-13-6-4-12(18)5-7-13/h3-8,10H,2,9H2,1H3,(H,19,20). The third-order valence-corrected chi connectivity index (χ3v) is 4.10. The smallest absolute Gasteiger partial charge is 0.255 e. The second-order valence-corrected chi connectivity index (χ2v) is 6.55. The van der Waals surface area contributed by atoms with Crippen molar-refractivity contribution in [3.8, 4) is 5.75 Å². The van der Waals surface area contributed by atoms with E-state index in [4.69, 9.17) is 4.74 Å². The topological polar surface area (TPSA) is 38.3 Å². The lowest BCUT2D eigenvalue weighted by Gasteiger charge is -2.09. The van der Waals surface area contributed by atoms with E-state index in [0.29, 0.717) is 12.2 Å². The Hall–Kier alpha value is -1.08. The van der Waals surface area contributed by atoms with E-state index in [1.807, 2.05) is 30.3 Å². The molecule has 5 heteroatoms. The van der Waals surface area contributed by atoms with Crippen LogP contribution >= 0.6 is 38.5 Å². The van der Waals surface area contributed by atoms with Crippen molar-refractivity contribution in [2.45, 2.75) is 13.3 Å². The van der Waals surface area contributed by atoms with Gasteiger partial charge in [-0.2, -0.15) is 0 Å². The predicted octanol–water partition coefficient (Wildman–Crippen LogP) is 5.09. The molecule has 0 aliphatic rings. The van der Waals surface area contributed by atoms with E-state index in [1.165, 1.54) is 0 Å². The monoisotopic (exact) mass is 459 g/mol. The number of benzene rings is 2. The Kier molecular flexibility index (Phi) is 6.05. The highest BCUT2D eigenvalue weighted by Gasteiger charge is 2.09. The molecule has 0 aliphatic heterocycles. The second kappa shape index (κ2) is 7.79. The van der Waals surface area contributed by atoms with E-state index in [1.54, 1.807) is 12.1 Å². The summed E-state index contributed by atoms with van der Waals surface area (Å²) < 4.78 is 7.49. The molecule has 110 valence electrons. The van der Waals surface area contributed by atoms with Crippen LogP contribution in [0.3, 0.4) is 0 Å². The van der Waals surface area contributed by atoms with Gasteiger partial charge in [0.15, 0.2) is 0 Å². The molecule has 2 rings (SSSR count). The van der Waals surface area contributed by atoms with Crippen molar-refractivity contribution in [1.29, 1.82) is 0 Å². The summed E-state index contributed by atoms with van der Waals surface area (Å²) in [4.78, 5) is 12.2. The first-order valence-corrected chi connectivity index (χ1v) is 8.46. The number of anilines is 1. The lowest BCUT2D eigenvalue weighted by Crippen LogP contribution is -2.12. The third-order valence-electron chi connectivity index (χ3n) is 2.76. The van der Waals surface area contributed by atoms with Crippen molar-refractivity contribution < 1.29 is 9.53 Å². The van der Waals surface area contributed by atoms with E-state index in [9.17, 15) is 4.79 Å². The molecular weight excluding hydrogens is 445 g/mol. The van der Waals surface area contributed by atoms with Crippen LogP contribution < -0.4 is 10.1 Å². The maximum absolute atomic E-state index is 12.2. The van der Waals surface area contributed by atoms with Gasteiger partial charge in [0.05, 0.1) is 11.1 Å². The first-order valence-electron chi connectivity index (χ1n) is 6.59. The first kappa shape index (κ1) is 16.3. The van der Waals surface area contributed by atoms with Gasteiger partial charge in [-0.25, -0.2) is 0 Å². The van der Waals surface area contributed by atoms with Crippen molar-refractivity contribution in [1.82, 2.24) is 0 Å². The minimum absolute atomic E-state index is 0.140. The van der Waals surface area contributed by atoms with Gasteiger partial charge in [-0.3, -0.25) is 4.79 Å². The highest BCUT2D eigenvalue weighted by Crippen LogP contribution is 2.26. The third kappa shape index (κ3) is 4.71. The van der Waals surface area contributed by atoms with Gasteiger partial charge in [0.25, 0.3) is 5.91 Å². The molecule has 21 heavy (non-hydrogen) atoms. The van der Waals surface area contributed by atoms with Crippen LogP contribution in [0.25, 0.3) is 0 Å². The number of halogens is 2. The molecule has 0 aromatic heterocycles. The van der Waals surface area contributed by atoms with Crippen LogP contribution in [0.4, 0.5) is 5.69 Å².